The van der Waals surface area contributed by atoms with Crippen LogP contribution in [0.1, 0.15) is 66.5 Å². The van der Waals surface area contributed by atoms with Crippen LogP contribution in [0.3, 0.4) is 0 Å². The highest BCUT2D eigenvalue weighted by molar-refractivity contribution is 5.77. The Bertz CT molecular complexity index is 1170. The summed E-state index contributed by atoms with van der Waals surface area (Å²) in [5, 5.41) is 3.59. The first kappa shape index (κ1) is 24.0. The van der Waals surface area contributed by atoms with E-state index in [1.807, 2.05) is 29.2 Å². The Kier molecular flexibility index (Phi) is 6.77. The molecule has 1 aromatic carbocycles. The van der Waals surface area contributed by atoms with Gasteiger partial charge in [-0.05, 0) is 56.4 Å². The Labute approximate surface area is 196 Å². The van der Waals surface area contributed by atoms with Crippen LogP contribution in [-0.4, -0.2) is 44.0 Å². The number of rotatable bonds is 5. The number of likely N-dealkylation sites (tertiary alicyclic amines) is 1. The number of aromatic nitrogens is 4. The van der Waals surface area contributed by atoms with Crippen molar-refractivity contribution in [3.8, 4) is 5.75 Å². The smallest absolute Gasteiger partial charge is 0.453 e. The molecule has 3 aromatic rings. The standard InChI is InChI=1S/C24H28F3N5O2/c1-15-19(16(2)32-23(28-15)29-22(30-32)24(25,26)27)12-13-21(33)31-14-6-4-5-7-20(31)17-8-10-18(34-3)11-9-17/h8-11,20H,4-7,12-14H2,1-3H3. The average molecular weight is 476 g/mol. The lowest BCUT2D eigenvalue weighted by Crippen LogP contribution is -2.35. The van der Waals surface area contributed by atoms with Gasteiger partial charge in [-0.1, -0.05) is 25.0 Å². The quantitative estimate of drug-likeness (QED) is 0.528. The largest absolute Gasteiger partial charge is 0.497 e. The Morgan fingerprint density at radius 3 is 2.53 bits per heavy atom. The van der Waals surface area contributed by atoms with E-state index in [0.717, 1.165) is 47.1 Å². The number of amides is 1. The highest BCUT2D eigenvalue weighted by Gasteiger charge is 2.37. The lowest BCUT2D eigenvalue weighted by molar-refractivity contribution is -0.144. The van der Waals surface area contributed by atoms with Crippen molar-refractivity contribution in [2.75, 3.05) is 13.7 Å². The monoisotopic (exact) mass is 475 g/mol. The van der Waals surface area contributed by atoms with Crippen LogP contribution in [0.4, 0.5) is 13.2 Å². The van der Waals surface area contributed by atoms with Gasteiger partial charge in [0.25, 0.3) is 11.6 Å². The molecule has 0 saturated carbocycles. The van der Waals surface area contributed by atoms with E-state index < -0.39 is 12.0 Å². The molecule has 1 aliphatic heterocycles. The second-order valence-corrected chi connectivity index (χ2v) is 8.63. The lowest BCUT2D eigenvalue weighted by Gasteiger charge is -2.31. The van der Waals surface area contributed by atoms with Crippen molar-refractivity contribution in [1.29, 1.82) is 0 Å². The third-order valence-electron chi connectivity index (χ3n) is 6.47. The number of ether oxygens (including phenoxy) is 1. The molecule has 3 heterocycles. The first-order valence-corrected chi connectivity index (χ1v) is 11.4. The molecule has 4 rings (SSSR count). The molecule has 0 spiro atoms. The van der Waals surface area contributed by atoms with Gasteiger partial charge in [0.1, 0.15) is 5.75 Å². The minimum Gasteiger partial charge on any atom is -0.497 e. The Morgan fingerprint density at radius 2 is 1.85 bits per heavy atom. The number of benzene rings is 1. The molecule has 1 atom stereocenters. The van der Waals surface area contributed by atoms with E-state index in [9.17, 15) is 18.0 Å². The summed E-state index contributed by atoms with van der Waals surface area (Å²) >= 11 is 0. The van der Waals surface area contributed by atoms with E-state index in [2.05, 4.69) is 15.1 Å². The van der Waals surface area contributed by atoms with E-state index in [-0.39, 0.29) is 24.1 Å². The number of alkyl halides is 3. The highest BCUT2D eigenvalue weighted by atomic mass is 19.4. The summed E-state index contributed by atoms with van der Waals surface area (Å²) in [5.74, 6) is -0.519. The van der Waals surface area contributed by atoms with E-state index in [1.54, 1.807) is 21.0 Å². The summed E-state index contributed by atoms with van der Waals surface area (Å²) in [6.45, 7) is 4.09. The first-order chi connectivity index (χ1) is 16.2. The number of hydrogen-bond acceptors (Lipinski definition) is 5. The Morgan fingerprint density at radius 1 is 1.12 bits per heavy atom. The zero-order valence-electron chi connectivity index (χ0n) is 19.5. The van der Waals surface area contributed by atoms with Gasteiger partial charge in [-0.2, -0.15) is 18.2 Å². The van der Waals surface area contributed by atoms with Crippen LogP contribution in [0.25, 0.3) is 5.78 Å². The Balaban J connectivity index is 1.55. The molecular weight excluding hydrogens is 447 g/mol. The van der Waals surface area contributed by atoms with E-state index >= 15 is 0 Å². The fourth-order valence-electron chi connectivity index (χ4n) is 4.65. The number of carbonyl (C=O) groups excluding carboxylic acids is 1. The van der Waals surface area contributed by atoms with E-state index in [0.29, 0.717) is 24.4 Å². The number of nitrogens with zero attached hydrogens (tertiary/aromatic N) is 5. The normalized spacial score (nSPS) is 17.1. The van der Waals surface area contributed by atoms with E-state index in [1.165, 1.54) is 0 Å². The average Bonchev–Trinajstić information content (AvgIpc) is 3.09. The fraction of sp³-hybridized carbons (Fsp3) is 0.500. The molecule has 182 valence electrons. The molecule has 1 amide bonds. The van der Waals surface area contributed by atoms with Crippen LogP contribution in [0.2, 0.25) is 0 Å². The van der Waals surface area contributed by atoms with Crippen molar-refractivity contribution >= 4 is 11.7 Å². The predicted octanol–water partition coefficient (Wildman–Crippen LogP) is 4.85. The summed E-state index contributed by atoms with van der Waals surface area (Å²) in [5.41, 5.74) is 2.87. The molecule has 1 aliphatic rings. The number of aryl methyl sites for hydroxylation is 2. The number of fused-ring (bicyclic) bond motifs is 1. The molecule has 34 heavy (non-hydrogen) atoms. The van der Waals surface area contributed by atoms with Gasteiger partial charge < -0.3 is 9.64 Å². The molecular formula is C24H28F3N5O2. The molecule has 10 heteroatoms. The number of hydrogen-bond donors (Lipinski definition) is 0. The van der Waals surface area contributed by atoms with Crippen LogP contribution in [0, 0.1) is 13.8 Å². The van der Waals surface area contributed by atoms with Crippen molar-refractivity contribution in [3.63, 3.8) is 0 Å². The minimum atomic E-state index is -4.65. The zero-order valence-corrected chi connectivity index (χ0v) is 19.5. The predicted molar refractivity (Wildman–Crippen MR) is 119 cm³/mol. The molecule has 1 fully saturated rings. The molecule has 0 bridgehead atoms. The number of halogens is 3. The maximum absolute atomic E-state index is 13.4. The second-order valence-electron chi connectivity index (χ2n) is 8.63. The SMILES string of the molecule is COc1ccc(C2CCCCCN2C(=O)CCc2c(C)nc3nc(C(F)(F)F)nn3c2C)cc1. The van der Waals surface area contributed by atoms with Crippen molar-refractivity contribution < 1.29 is 22.7 Å². The van der Waals surface area contributed by atoms with Gasteiger partial charge >= 0.3 is 6.18 Å². The molecule has 0 N–H and O–H groups in total. The minimum absolute atomic E-state index is 0.00614. The molecule has 2 aromatic heterocycles. The van der Waals surface area contributed by atoms with Crippen molar-refractivity contribution in [3.05, 3.63) is 52.6 Å². The summed E-state index contributed by atoms with van der Waals surface area (Å²) in [7, 11) is 1.62. The summed E-state index contributed by atoms with van der Waals surface area (Å²) in [6, 6.07) is 7.82. The van der Waals surface area contributed by atoms with Crippen LogP contribution < -0.4 is 4.74 Å². The van der Waals surface area contributed by atoms with Crippen molar-refractivity contribution in [2.45, 2.75) is 64.6 Å². The fourth-order valence-corrected chi connectivity index (χ4v) is 4.65. The summed E-state index contributed by atoms with van der Waals surface area (Å²) in [6.07, 6.45) is -0.0790. The molecule has 1 unspecified atom stereocenters. The van der Waals surface area contributed by atoms with Crippen LogP contribution in [0.5, 0.6) is 5.75 Å². The van der Waals surface area contributed by atoms with Gasteiger partial charge in [-0.25, -0.2) is 9.50 Å². The second kappa shape index (κ2) is 9.60. The maximum Gasteiger partial charge on any atom is 0.453 e. The van der Waals surface area contributed by atoms with Gasteiger partial charge in [0.05, 0.1) is 13.2 Å². The highest BCUT2D eigenvalue weighted by Crippen LogP contribution is 2.32. The zero-order chi connectivity index (χ0) is 24.5. The maximum atomic E-state index is 13.4. The molecule has 7 nitrogen and oxygen atoms in total. The number of carbonyl (C=O) groups is 1. The molecule has 1 saturated heterocycles. The summed E-state index contributed by atoms with van der Waals surface area (Å²) < 4.78 is 45.5. The van der Waals surface area contributed by atoms with Gasteiger partial charge in [0, 0.05) is 24.4 Å². The third-order valence-corrected chi connectivity index (χ3v) is 6.47. The van der Waals surface area contributed by atoms with Gasteiger partial charge in [0.15, 0.2) is 0 Å². The van der Waals surface area contributed by atoms with Gasteiger partial charge in [0.2, 0.25) is 5.91 Å². The molecule has 0 aliphatic carbocycles. The first-order valence-electron chi connectivity index (χ1n) is 11.4. The lowest BCUT2D eigenvalue weighted by atomic mass is 9.99. The Hall–Kier alpha value is -3.17. The summed E-state index contributed by atoms with van der Waals surface area (Å²) in [4.78, 5) is 23.0. The van der Waals surface area contributed by atoms with Crippen molar-refractivity contribution in [2.24, 2.45) is 0 Å². The third kappa shape index (κ3) is 4.85. The van der Waals surface area contributed by atoms with Crippen molar-refractivity contribution in [1.82, 2.24) is 24.5 Å². The van der Waals surface area contributed by atoms with Crippen LogP contribution in [0.15, 0.2) is 24.3 Å². The molecule has 0 radical (unpaired) electrons. The van der Waals surface area contributed by atoms with Crippen LogP contribution in [-0.2, 0) is 17.4 Å². The van der Waals surface area contributed by atoms with E-state index in [4.69, 9.17) is 4.74 Å². The van der Waals surface area contributed by atoms with Gasteiger partial charge in [-0.15, -0.1) is 5.10 Å². The number of methoxy groups -OCH3 is 1. The van der Waals surface area contributed by atoms with Gasteiger partial charge in [-0.3, -0.25) is 4.79 Å². The van der Waals surface area contributed by atoms with Crippen LogP contribution >= 0.6 is 0 Å². The topological polar surface area (TPSA) is 72.6 Å².